The van der Waals surface area contributed by atoms with E-state index >= 15 is 0 Å². The molecular weight excluding hydrogens is 486 g/mol. The fourth-order valence-corrected chi connectivity index (χ4v) is 3.82. The fourth-order valence-electron chi connectivity index (χ4n) is 3.82. The number of aryl methyl sites for hydroxylation is 6. The minimum absolute atomic E-state index is 0. The first kappa shape index (κ1) is 34.0. The molecule has 4 nitrogen and oxygen atoms in total. The minimum Gasteiger partial charge on any atom is -0.683 e. The number of likely N-dealkylation sites (N-methyl/N-ethyl adjacent to an activating group) is 1. The normalized spacial score (nSPS) is 10.0. The number of rotatable bonds is 10. The summed E-state index contributed by atoms with van der Waals surface area (Å²) in [4.78, 5) is 2.31. The van der Waals surface area contributed by atoms with E-state index in [9.17, 15) is 0 Å². The quantitative estimate of drug-likeness (QED) is 0.295. The Bertz CT molecular complexity index is 696. The molecule has 2 aromatic rings. The molecule has 0 aliphatic carbocycles. The number of hydrogen-bond acceptors (Lipinski definition) is 2. The number of ether oxygens (including phenoxy) is 1. The average Bonchev–Trinajstić information content (AvgIpc) is 2.67. The molecule has 0 fully saturated rings. The van der Waals surface area contributed by atoms with Crippen LogP contribution >= 0.6 is 0 Å². The van der Waals surface area contributed by atoms with E-state index < -0.39 is 0 Å². The topological polar surface area (TPSA) is 40.7 Å². The maximum Gasteiger partial charge on any atom is 0.0437 e. The van der Waals surface area contributed by atoms with Crippen LogP contribution in [-0.4, -0.2) is 51.3 Å². The van der Waals surface area contributed by atoms with Crippen molar-refractivity contribution in [3.8, 4) is 0 Å². The molecule has 0 heterocycles. The second-order valence-corrected chi connectivity index (χ2v) is 8.34. The van der Waals surface area contributed by atoms with Gasteiger partial charge in [0.2, 0.25) is 0 Å². The van der Waals surface area contributed by atoms with Gasteiger partial charge in [-0.05, 0) is 75.5 Å². The molecule has 0 spiro atoms. The summed E-state index contributed by atoms with van der Waals surface area (Å²) in [5.41, 5.74) is 9.99. The van der Waals surface area contributed by atoms with Gasteiger partial charge in [0, 0.05) is 39.4 Å². The zero-order chi connectivity index (χ0) is 23.4. The van der Waals surface area contributed by atoms with Gasteiger partial charge < -0.3 is 27.7 Å². The molecule has 0 bridgehead atoms. The summed E-state index contributed by atoms with van der Waals surface area (Å²) in [6.07, 6.45) is 0. The first-order chi connectivity index (χ1) is 14.7. The van der Waals surface area contributed by atoms with Gasteiger partial charge in [0.15, 0.2) is 0 Å². The molecule has 186 valence electrons. The molecular formula is C28H46N3OZr-3. The monoisotopic (exact) mass is 530 g/mol. The molecule has 33 heavy (non-hydrogen) atoms. The summed E-state index contributed by atoms with van der Waals surface area (Å²) in [6, 6.07) is 8.84. The molecule has 5 heteroatoms. The average molecular weight is 532 g/mol. The zero-order valence-electron chi connectivity index (χ0n) is 22.8. The van der Waals surface area contributed by atoms with Crippen molar-refractivity contribution in [3.05, 3.63) is 75.7 Å². The third kappa shape index (κ3) is 12.8. The van der Waals surface area contributed by atoms with E-state index in [-0.39, 0.29) is 33.6 Å². The molecule has 0 saturated carbocycles. The number of nitrogens with zero attached hydrogens (tertiary/aromatic N) is 3. The third-order valence-corrected chi connectivity index (χ3v) is 5.18. The molecule has 0 aliphatic rings. The Morgan fingerprint density at radius 3 is 1.21 bits per heavy atom. The fraction of sp³-hybridized carbons (Fsp3) is 0.536. The standard InChI is InChI=1S/C23H33N3.C4H10O.CH3.Zr/c1-16-12-18(3)22(19(4)13-16)24-8-10-26(7)11-9-25-23-20(5)14-17(2)15-21(23)6;1-3-5-4-2;;/h12-15H,8-11H2,1-7H3;3-4H2,1-2H3;1H3;/q-2;;-1;. The number of benzene rings is 2. The van der Waals surface area contributed by atoms with Crippen LogP contribution in [0.1, 0.15) is 47.2 Å². The molecule has 0 saturated heterocycles. The Morgan fingerprint density at radius 1 is 0.667 bits per heavy atom. The van der Waals surface area contributed by atoms with Gasteiger partial charge in [-0.25, -0.2) is 0 Å². The second kappa shape index (κ2) is 18.2. The van der Waals surface area contributed by atoms with Gasteiger partial charge in [-0.3, -0.25) is 0 Å². The zero-order valence-corrected chi connectivity index (χ0v) is 25.3. The molecule has 0 amide bonds. The van der Waals surface area contributed by atoms with Crippen LogP contribution in [0.2, 0.25) is 0 Å². The van der Waals surface area contributed by atoms with Crippen LogP contribution in [0.5, 0.6) is 0 Å². The van der Waals surface area contributed by atoms with Gasteiger partial charge >= 0.3 is 0 Å². The van der Waals surface area contributed by atoms with E-state index in [4.69, 9.17) is 15.4 Å². The van der Waals surface area contributed by atoms with Crippen molar-refractivity contribution in [2.45, 2.75) is 55.4 Å². The van der Waals surface area contributed by atoms with Crippen molar-refractivity contribution in [2.24, 2.45) is 0 Å². The summed E-state index contributed by atoms with van der Waals surface area (Å²) in [7, 11) is 2.15. The van der Waals surface area contributed by atoms with E-state index in [1.807, 2.05) is 13.8 Å². The van der Waals surface area contributed by atoms with Crippen LogP contribution in [0, 0.1) is 49.0 Å². The molecule has 2 rings (SSSR count). The summed E-state index contributed by atoms with van der Waals surface area (Å²) in [6.45, 7) is 22.1. The summed E-state index contributed by atoms with van der Waals surface area (Å²) in [5.74, 6) is 0. The van der Waals surface area contributed by atoms with Gasteiger partial charge in [0.1, 0.15) is 0 Å². The Morgan fingerprint density at radius 2 is 0.970 bits per heavy atom. The minimum atomic E-state index is 0. The Balaban J connectivity index is 0. The van der Waals surface area contributed by atoms with Crippen LogP contribution < -0.4 is 0 Å². The van der Waals surface area contributed by atoms with Crippen molar-refractivity contribution in [2.75, 3.05) is 46.4 Å². The maximum atomic E-state index is 4.83. The third-order valence-electron chi connectivity index (χ3n) is 5.18. The molecule has 0 aromatic heterocycles. The van der Waals surface area contributed by atoms with Gasteiger partial charge in [-0.1, -0.05) is 57.6 Å². The smallest absolute Gasteiger partial charge is 0.0437 e. The summed E-state index contributed by atoms with van der Waals surface area (Å²) < 4.78 is 4.83. The van der Waals surface area contributed by atoms with E-state index in [1.54, 1.807) is 0 Å². The van der Waals surface area contributed by atoms with E-state index in [1.165, 1.54) is 33.4 Å². The van der Waals surface area contributed by atoms with Gasteiger partial charge in [-0.2, -0.15) is 0 Å². The summed E-state index contributed by atoms with van der Waals surface area (Å²) in [5, 5.41) is 9.64. The van der Waals surface area contributed by atoms with Crippen LogP contribution in [0.4, 0.5) is 11.4 Å². The van der Waals surface area contributed by atoms with Gasteiger partial charge in [0.25, 0.3) is 0 Å². The molecule has 0 N–H and O–H groups in total. The second-order valence-electron chi connectivity index (χ2n) is 8.34. The van der Waals surface area contributed by atoms with Crippen molar-refractivity contribution >= 4 is 11.4 Å². The summed E-state index contributed by atoms with van der Waals surface area (Å²) >= 11 is 0. The molecule has 2 aromatic carbocycles. The Kier molecular flexibility index (Phi) is 18.8. The van der Waals surface area contributed by atoms with Crippen molar-refractivity contribution < 1.29 is 30.9 Å². The van der Waals surface area contributed by atoms with Crippen molar-refractivity contribution in [3.63, 3.8) is 0 Å². The number of hydrogen-bond donors (Lipinski definition) is 0. The van der Waals surface area contributed by atoms with Crippen molar-refractivity contribution in [1.82, 2.24) is 4.90 Å². The van der Waals surface area contributed by atoms with Crippen LogP contribution in [0.25, 0.3) is 10.6 Å². The van der Waals surface area contributed by atoms with Gasteiger partial charge in [-0.15, -0.1) is 24.5 Å². The van der Waals surface area contributed by atoms with E-state index in [2.05, 4.69) is 77.8 Å². The molecule has 0 radical (unpaired) electrons. The maximum absolute atomic E-state index is 4.83. The molecule has 0 unspecified atom stereocenters. The van der Waals surface area contributed by atoms with Crippen LogP contribution in [0.15, 0.2) is 24.3 Å². The van der Waals surface area contributed by atoms with E-state index in [0.717, 1.165) is 50.8 Å². The Labute approximate surface area is 224 Å². The van der Waals surface area contributed by atoms with Gasteiger partial charge in [0.05, 0.1) is 0 Å². The SMILES string of the molecule is CCOCC.Cc1cc(C)c([N-]CCN(C)CC[N-]c2c(C)cc(C)cc2C)c(C)c1.[CH3-].[Zr]. The predicted molar refractivity (Wildman–Crippen MR) is 143 cm³/mol. The molecule has 0 atom stereocenters. The van der Waals surface area contributed by atoms with Crippen LogP contribution in [0.3, 0.4) is 0 Å². The largest absolute Gasteiger partial charge is 0.683 e. The first-order valence-corrected chi connectivity index (χ1v) is 11.5. The Hall–Kier alpha value is -1.16. The first-order valence-electron chi connectivity index (χ1n) is 11.5. The van der Waals surface area contributed by atoms with Crippen molar-refractivity contribution in [1.29, 1.82) is 0 Å². The molecule has 0 aliphatic heterocycles. The van der Waals surface area contributed by atoms with Crippen LogP contribution in [-0.2, 0) is 30.9 Å². The van der Waals surface area contributed by atoms with E-state index in [0.29, 0.717) is 0 Å². The predicted octanol–water partition coefficient (Wildman–Crippen LogP) is 7.67.